The first-order valence-electron chi connectivity index (χ1n) is 9.45. The monoisotopic (exact) mass is 406 g/mol. The number of hydrogen-bond donors (Lipinski definition) is 2. The van der Waals surface area contributed by atoms with E-state index in [9.17, 15) is 4.79 Å². The van der Waals surface area contributed by atoms with Gasteiger partial charge in [0.2, 0.25) is 11.8 Å². The van der Waals surface area contributed by atoms with Crippen molar-refractivity contribution in [1.82, 2.24) is 20.4 Å². The lowest BCUT2D eigenvalue weighted by Crippen LogP contribution is -2.30. The van der Waals surface area contributed by atoms with E-state index in [0.717, 1.165) is 5.52 Å². The maximum absolute atomic E-state index is 12.4. The molecule has 2 N–H and O–H groups in total. The van der Waals surface area contributed by atoms with Crippen LogP contribution in [0, 0.1) is 6.92 Å². The highest BCUT2D eigenvalue weighted by Gasteiger charge is 2.19. The molecule has 4 rings (SSSR count). The second kappa shape index (κ2) is 8.96. The van der Waals surface area contributed by atoms with Crippen molar-refractivity contribution in [2.45, 2.75) is 18.6 Å². The van der Waals surface area contributed by atoms with Gasteiger partial charge in [0.15, 0.2) is 5.82 Å². The van der Waals surface area contributed by atoms with Gasteiger partial charge >= 0.3 is 0 Å². The maximum Gasteiger partial charge on any atom is 0.230 e. The molecule has 1 atom stereocenters. The zero-order chi connectivity index (χ0) is 20.1. The second-order valence-corrected chi connectivity index (χ2v) is 7.76. The summed E-state index contributed by atoms with van der Waals surface area (Å²) in [6, 6.07) is 18.5. The number of aromatic nitrogens is 3. The van der Waals surface area contributed by atoms with Gasteiger partial charge in [0.25, 0.3) is 0 Å². The summed E-state index contributed by atoms with van der Waals surface area (Å²) in [5.74, 6) is 2.12. The van der Waals surface area contributed by atoms with Crippen LogP contribution in [-0.2, 0) is 10.5 Å². The Bertz CT molecular complexity index is 1090. The Morgan fingerprint density at radius 2 is 1.97 bits per heavy atom. The van der Waals surface area contributed by atoms with Crippen LogP contribution in [-0.4, -0.2) is 33.3 Å². The molecule has 2 aromatic carbocycles. The van der Waals surface area contributed by atoms with Gasteiger partial charge in [-0.3, -0.25) is 4.79 Å². The van der Waals surface area contributed by atoms with E-state index in [-0.39, 0.29) is 11.8 Å². The number of nitrogens with zero attached hydrogens (tertiary/aromatic N) is 2. The highest BCUT2D eigenvalue weighted by atomic mass is 32.2. The lowest BCUT2D eigenvalue weighted by molar-refractivity contribution is -0.118. The number of carbonyl (C=O) groups is 1. The van der Waals surface area contributed by atoms with Crippen molar-refractivity contribution in [2.75, 3.05) is 12.3 Å². The van der Waals surface area contributed by atoms with Gasteiger partial charge in [-0.15, -0.1) is 11.8 Å². The van der Waals surface area contributed by atoms with Crippen LogP contribution in [0.25, 0.3) is 10.9 Å². The molecule has 2 aromatic heterocycles. The lowest BCUT2D eigenvalue weighted by atomic mass is 9.91. The molecule has 0 radical (unpaired) electrons. The van der Waals surface area contributed by atoms with Gasteiger partial charge in [0.1, 0.15) is 0 Å². The van der Waals surface area contributed by atoms with Crippen LogP contribution in [0.5, 0.6) is 0 Å². The van der Waals surface area contributed by atoms with Crippen LogP contribution < -0.4 is 5.32 Å². The molecule has 0 aliphatic rings. The SMILES string of the molecule is Cc1nc(CSCC(=O)NCC(c2ccccc2)c2c[nH]c3ccccc23)no1. The number of aromatic amines is 1. The van der Waals surface area contributed by atoms with E-state index in [0.29, 0.717) is 29.8 Å². The first-order valence-corrected chi connectivity index (χ1v) is 10.6. The van der Waals surface area contributed by atoms with E-state index in [1.165, 1.54) is 28.3 Å². The summed E-state index contributed by atoms with van der Waals surface area (Å²) < 4.78 is 4.95. The molecule has 6 nitrogen and oxygen atoms in total. The molecule has 1 unspecified atom stereocenters. The number of amides is 1. The summed E-state index contributed by atoms with van der Waals surface area (Å²) >= 11 is 1.47. The molecule has 0 spiro atoms. The van der Waals surface area contributed by atoms with E-state index in [2.05, 4.69) is 44.7 Å². The smallest absolute Gasteiger partial charge is 0.230 e. The van der Waals surface area contributed by atoms with Gasteiger partial charge in [-0.05, 0) is 17.2 Å². The van der Waals surface area contributed by atoms with E-state index >= 15 is 0 Å². The van der Waals surface area contributed by atoms with Gasteiger partial charge in [0.05, 0.1) is 11.5 Å². The number of fused-ring (bicyclic) bond motifs is 1. The topological polar surface area (TPSA) is 83.8 Å². The number of rotatable bonds is 8. The minimum Gasteiger partial charge on any atom is -0.361 e. The van der Waals surface area contributed by atoms with Crippen molar-refractivity contribution in [1.29, 1.82) is 0 Å². The number of para-hydroxylation sites is 1. The number of benzene rings is 2. The van der Waals surface area contributed by atoms with Crippen molar-refractivity contribution in [3.63, 3.8) is 0 Å². The fraction of sp³-hybridized carbons (Fsp3) is 0.227. The normalized spacial score (nSPS) is 12.2. The average Bonchev–Trinajstić information content (AvgIpc) is 3.35. The Labute approximate surface area is 173 Å². The third-order valence-corrected chi connectivity index (χ3v) is 5.66. The molecule has 2 heterocycles. The van der Waals surface area contributed by atoms with Crippen molar-refractivity contribution >= 4 is 28.6 Å². The molecule has 0 bridgehead atoms. The molecule has 148 valence electrons. The number of carbonyl (C=O) groups excluding carboxylic acids is 1. The molecule has 4 aromatic rings. The number of hydrogen-bond acceptors (Lipinski definition) is 5. The van der Waals surface area contributed by atoms with Crippen LogP contribution in [0.2, 0.25) is 0 Å². The Morgan fingerprint density at radius 1 is 1.17 bits per heavy atom. The van der Waals surface area contributed by atoms with Crippen molar-refractivity contribution in [3.8, 4) is 0 Å². The minimum atomic E-state index is -0.00371. The second-order valence-electron chi connectivity index (χ2n) is 6.78. The zero-order valence-corrected chi connectivity index (χ0v) is 16.9. The van der Waals surface area contributed by atoms with Gasteiger partial charge in [-0.2, -0.15) is 4.98 Å². The molecule has 29 heavy (non-hydrogen) atoms. The highest BCUT2D eigenvalue weighted by Crippen LogP contribution is 2.30. The molecule has 1 amide bonds. The number of aryl methyl sites for hydroxylation is 1. The summed E-state index contributed by atoms with van der Waals surface area (Å²) in [6.07, 6.45) is 2.04. The average molecular weight is 407 g/mol. The largest absolute Gasteiger partial charge is 0.361 e. The van der Waals surface area contributed by atoms with Crippen LogP contribution in [0.4, 0.5) is 0 Å². The first kappa shape index (κ1) is 19.3. The Balaban J connectivity index is 1.43. The van der Waals surface area contributed by atoms with Crippen molar-refractivity contribution in [3.05, 3.63) is 83.6 Å². The predicted octanol–water partition coefficient (Wildman–Crippen LogP) is 4.04. The number of nitrogens with one attached hydrogen (secondary N) is 2. The van der Waals surface area contributed by atoms with Crippen LogP contribution in [0.1, 0.15) is 28.8 Å². The number of thioether (sulfide) groups is 1. The molecule has 7 heteroatoms. The summed E-state index contributed by atoms with van der Waals surface area (Å²) in [7, 11) is 0. The Hall–Kier alpha value is -3.06. The Kier molecular flexibility index (Phi) is 5.95. The van der Waals surface area contributed by atoms with E-state index in [1.807, 2.05) is 36.5 Å². The van der Waals surface area contributed by atoms with Gasteiger partial charge in [-0.25, -0.2) is 0 Å². The van der Waals surface area contributed by atoms with Crippen LogP contribution in [0.3, 0.4) is 0 Å². The number of H-pyrrole nitrogens is 1. The summed E-state index contributed by atoms with van der Waals surface area (Å²) in [5, 5.41) is 8.11. The fourth-order valence-corrected chi connectivity index (χ4v) is 4.07. The summed E-state index contributed by atoms with van der Waals surface area (Å²) in [4.78, 5) is 19.9. The third-order valence-electron chi connectivity index (χ3n) is 4.74. The van der Waals surface area contributed by atoms with Crippen LogP contribution >= 0.6 is 11.8 Å². The fourth-order valence-electron chi connectivity index (χ4n) is 3.38. The molecular formula is C22H22N4O2S. The van der Waals surface area contributed by atoms with Crippen molar-refractivity contribution < 1.29 is 9.32 Å². The lowest BCUT2D eigenvalue weighted by Gasteiger charge is -2.18. The van der Waals surface area contributed by atoms with Crippen molar-refractivity contribution in [2.24, 2.45) is 0 Å². The summed E-state index contributed by atoms with van der Waals surface area (Å²) in [6.45, 7) is 2.29. The van der Waals surface area contributed by atoms with E-state index < -0.39 is 0 Å². The molecule has 0 aliphatic heterocycles. The first-order chi connectivity index (χ1) is 14.2. The molecule has 0 saturated heterocycles. The molecule has 0 saturated carbocycles. The quantitative estimate of drug-likeness (QED) is 0.461. The van der Waals surface area contributed by atoms with Crippen LogP contribution in [0.15, 0.2) is 65.3 Å². The summed E-state index contributed by atoms with van der Waals surface area (Å²) in [5.41, 5.74) is 3.45. The standard InChI is InChI=1S/C22H22N4O2S/c1-15-25-21(26-28-15)13-29-14-22(27)24-11-18(16-7-3-2-4-8-16)19-12-23-20-10-6-5-9-17(19)20/h2-10,12,18,23H,11,13-14H2,1H3,(H,24,27). The molecule has 0 aliphatic carbocycles. The highest BCUT2D eigenvalue weighted by molar-refractivity contribution is 7.99. The molecule has 0 fully saturated rings. The zero-order valence-electron chi connectivity index (χ0n) is 16.1. The van der Waals surface area contributed by atoms with E-state index in [4.69, 9.17) is 4.52 Å². The maximum atomic E-state index is 12.4. The molecular weight excluding hydrogens is 384 g/mol. The van der Waals surface area contributed by atoms with Gasteiger partial charge in [0, 0.05) is 36.5 Å². The van der Waals surface area contributed by atoms with E-state index in [1.54, 1.807) is 6.92 Å². The van der Waals surface area contributed by atoms with Gasteiger partial charge < -0.3 is 14.8 Å². The predicted molar refractivity (Wildman–Crippen MR) is 115 cm³/mol. The minimum absolute atomic E-state index is 0.00371. The van der Waals surface area contributed by atoms with Gasteiger partial charge in [-0.1, -0.05) is 53.7 Å². The Morgan fingerprint density at radius 3 is 2.76 bits per heavy atom. The third kappa shape index (κ3) is 4.68.